The van der Waals surface area contributed by atoms with Gasteiger partial charge in [-0.05, 0) is 54.7 Å². The monoisotopic (exact) mass is 429 g/mol. The van der Waals surface area contributed by atoms with E-state index in [2.05, 4.69) is 11.4 Å². The Morgan fingerprint density at radius 3 is 2.38 bits per heavy atom. The summed E-state index contributed by atoms with van der Waals surface area (Å²) in [4.78, 5) is 28.7. The number of nitrogens with one attached hydrogen (secondary N) is 2. The standard InChI is InChI=1S/C25H27N5O2/c1-17(31)30-12-10-25(11-13-30)22(32)29(3)23(27)28-24(25,2)21-9-5-8-20(15-21)19-7-4-6-18(14-19)16-26/h4-9,14-15H,10-13H2,1-3H3,(H2,27,28). The minimum absolute atomic E-state index is 0.0123. The fraction of sp³-hybridized carbons (Fsp3) is 0.360. The SMILES string of the molecule is CC(=O)N1CCC2(CC1)C(=O)N(C)C(=N)NC2(C)c1cccc(-c2cccc(C#N)c2)c1. The minimum Gasteiger partial charge on any atom is -0.346 e. The Kier molecular flexibility index (Phi) is 5.25. The smallest absolute Gasteiger partial charge is 0.238 e. The van der Waals surface area contributed by atoms with Gasteiger partial charge >= 0.3 is 0 Å². The summed E-state index contributed by atoms with van der Waals surface area (Å²) in [5, 5.41) is 21.0. The molecular formula is C25H27N5O2. The second kappa shape index (κ2) is 7.79. The van der Waals surface area contributed by atoms with Crippen LogP contribution in [0.1, 0.15) is 37.8 Å². The largest absolute Gasteiger partial charge is 0.346 e. The number of hydrogen-bond acceptors (Lipinski definition) is 4. The van der Waals surface area contributed by atoms with Crippen molar-refractivity contribution in [1.82, 2.24) is 15.1 Å². The number of likely N-dealkylation sites (tertiary alicyclic amines) is 1. The molecule has 0 bridgehead atoms. The van der Waals surface area contributed by atoms with Gasteiger partial charge in [-0.3, -0.25) is 19.9 Å². The Labute approximate surface area is 188 Å². The summed E-state index contributed by atoms with van der Waals surface area (Å²) in [6.45, 7) is 4.55. The van der Waals surface area contributed by atoms with Crippen molar-refractivity contribution in [3.05, 3.63) is 59.7 Å². The number of rotatable bonds is 2. The summed E-state index contributed by atoms with van der Waals surface area (Å²) in [5.74, 6) is -0.0175. The van der Waals surface area contributed by atoms with E-state index in [1.54, 1.807) is 24.9 Å². The number of amides is 2. The fourth-order valence-corrected chi connectivity index (χ4v) is 5.12. The molecule has 0 aromatic heterocycles. The molecule has 2 saturated heterocycles. The molecule has 1 atom stereocenters. The van der Waals surface area contributed by atoms with E-state index >= 15 is 0 Å². The highest BCUT2D eigenvalue weighted by atomic mass is 16.2. The number of guanidine groups is 1. The molecule has 1 spiro atoms. The molecule has 164 valence electrons. The van der Waals surface area contributed by atoms with Crippen LogP contribution in [-0.4, -0.2) is 47.7 Å². The number of nitrogens with zero attached hydrogens (tertiary/aromatic N) is 3. The zero-order valence-electron chi connectivity index (χ0n) is 18.6. The molecule has 2 aromatic carbocycles. The van der Waals surface area contributed by atoms with Gasteiger partial charge in [0.05, 0.1) is 22.6 Å². The first kappa shape index (κ1) is 21.6. The van der Waals surface area contributed by atoms with Crippen molar-refractivity contribution in [1.29, 1.82) is 10.7 Å². The van der Waals surface area contributed by atoms with Gasteiger partial charge in [0.25, 0.3) is 0 Å². The lowest BCUT2D eigenvalue weighted by molar-refractivity contribution is -0.153. The van der Waals surface area contributed by atoms with Crippen molar-refractivity contribution in [3.63, 3.8) is 0 Å². The molecule has 2 heterocycles. The Balaban J connectivity index is 1.81. The number of carbonyl (C=O) groups excluding carboxylic acids is 2. The van der Waals surface area contributed by atoms with Crippen LogP contribution in [0, 0.1) is 22.2 Å². The Morgan fingerprint density at radius 1 is 1.12 bits per heavy atom. The Bertz CT molecular complexity index is 1140. The maximum Gasteiger partial charge on any atom is 0.238 e. The van der Waals surface area contributed by atoms with E-state index in [-0.39, 0.29) is 17.8 Å². The average molecular weight is 430 g/mol. The summed E-state index contributed by atoms with van der Waals surface area (Å²) in [5.41, 5.74) is 1.74. The maximum absolute atomic E-state index is 13.6. The summed E-state index contributed by atoms with van der Waals surface area (Å²) in [6, 6.07) is 17.5. The predicted molar refractivity (Wildman–Crippen MR) is 121 cm³/mol. The topological polar surface area (TPSA) is 100 Å². The summed E-state index contributed by atoms with van der Waals surface area (Å²) in [6.07, 6.45) is 1.03. The van der Waals surface area contributed by atoms with Crippen LogP contribution in [0.15, 0.2) is 48.5 Å². The van der Waals surface area contributed by atoms with Crippen LogP contribution in [0.3, 0.4) is 0 Å². The highest BCUT2D eigenvalue weighted by Crippen LogP contribution is 2.51. The first-order valence-corrected chi connectivity index (χ1v) is 10.7. The number of hydrogen-bond donors (Lipinski definition) is 2. The Morgan fingerprint density at radius 2 is 1.75 bits per heavy atom. The van der Waals surface area contributed by atoms with Gasteiger partial charge in [0.1, 0.15) is 0 Å². The second-order valence-corrected chi connectivity index (χ2v) is 8.82. The van der Waals surface area contributed by atoms with E-state index in [1.165, 1.54) is 4.90 Å². The molecule has 2 N–H and O–H groups in total. The third-order valence-electron chi connectivity index (χ3n) is 7.20. The van der Waals surface area contributed by atoms with Crippen molar-refractivity contribution in [2.24, 2.45) is 5.41 Å². The first-order valence-electron chi connectivity index (χ1n) is 10.7. The average Bonchev–Trinajstić information content (AvgIpc) is 2.82. The van der Waals surface area contributed by atoms with Crippen LogP contribution in [0.4, 0.5) is 0 Å². The normalized spacial score (nSPS) is 22.4. The van der Waals surface area contributed by atoms with Gasteiger partial charge in [-0.15, -0.1) is 0 Å². The molecule has 7 heteroatoms. The lowest BCUT2D eigenvalue weighted by atomic mass is 9.59. The van der Waals surface area contributed by atoms with Crippen LogP contribution in [-0.2, 0) is 15.1 Å². The lowest BCUT2D eigenvalue weighted by Crippen LogP contribution is -2.71. The van der Waals surface area contributed by atoms with E-state index in [4.69, 9.17) is 5.41 Å². The summed E-state index contributed by atoms with van der Waals surface area (Å²) in [7, 11) is 1.63. The lowest BCUT2D eigenvalue weighted by Gasteiger charge is -2.56. The molecule has 0 saturated carbocycles. The molecule has 0 aliphatic carbocycles. The van der Waals surface area contributed by atoms with Crippen LogP contribution in [0.5, 0.6) is 0 Å². The quantitative estimate of drug-likeness (QED) is 0.766. The zero-order valence-corrected chi connectivity index (χ0v) is 18.6. The van der Waals surface area contributed by atoms with Gasteiger partial charge in [0.15, 0.2) is 5.96 Å². The summed E-state index contributed by atoms with van der Waals surface area (Å²) < 4.78 is 0. The zero-order chi connectivity index (χ0) is 23.1. The molecule has 1 unspecified atom stereocenters. The van der Waals surface area contributed by atoms with Crippen molar-refractivity contribution in [2.75, 3.05) is 20.1 Å². The van der Waals surface area contributed by atoms with Gasteiger partial charge in [-0.1, -0.05) is 30.3 Å². The molecule has 2 fully saturated rings. The van der Waals surface area contributed by atoms with E-state index in [0.29, 0.717) is 31.5 Å². The predicted octanol–water partition coefficient (Wildman–Crippen LogP) is 3.07. The van der Waals surface area contributed by atoms with E-state index in [1.807, 2.05) is 49.4 Å². The third-order valence-corrected chi connectivity index (χ3v) is 7.20. The maximum atomic E-state index is 13.6. The van der Waals surface area contributed by atoms with Gasteiger partial charge in [0, 0.05) is 27.1 Å². The van der Waals surface area contributed by atoms with Crippen molar-refractivity contribution >= 4 is 17.8 Å². The van der Waals surface area contributed by atoms with Crippen molar-refractivity contribution < 1.29 is 9.59 Å². The van der Waals surface area contributed by atoms with Crippen LogP contribution >= 0.6 is 0 Å². The van der Waals surface area contributed by atoms with E-state index < -0.39 is 11.0 Å². The van der Waals surface area contributed by atoms with Crippen LogP contribution in [0.25, 0.3) is 11.1 Å². The highest BCUT2D eigenvalue weighted by molar-refractivity contribution is 6.02. The molecule has 2 aliphatic rings. The summed E-state index contributed by atoms with van der Waals surface area (Å²) >= 11 is 0. The number of benzene rings is 2. The third kappa shape index (κ3) is 3.23. The molecule has 2 amide bonds. The van der Waals surface area contributed by atoms with E-state index in [0.717, 1.165) is 16.7 Å². The minimum atomic E-state index is -0.820. The molecule has 4 rings (SSSR count). The first-order chi connectivity index (χ1) is 15.2. The Hall–Kier alpha value is -3.66. The number of piperidine rings is 1. The highest BCUT2D eigenvalue weighted by Gasteiger charge is 2.60. The van der Waals surface area contributed by atoms with E-state index in [9.17, 15) is 14.9 Å². The van der Waals surface area contributed by atoms with Gasteiger partial charge in [0.2, 0.25) is 11.8 Å². The van der Waals surface area contributed by atoms with Crippen molar-refractivity contribution in [3.8, 4) is 17.2 Å². The van der Waals surface area contributed by atoms with Gasteiger partial charge in [-0.25, -0.2) is 0 Å². The molecule has 2 aliphatic heterocycles. The van der Waals surface area contributed by atoms with Gasteiger partial charge in [-0.2, -0.15) is 5.26 Å². The number of nitriles is 1. The van der Waals surface area contributed by atoms with Crippen molar-refractivity contribution in [2.45, 2.75) is 32.2 Å². The molecule has 32 heavy (non-hydrogen) atoms. The van der Waals surface area contributed by atoms with Crippen LogP contribution in [0.2, 0.25) is 0 Å². The molecular weight excluding hydrogens is 402 g/mol. The fourth-order valence-electron chi connectivity index (χ4n) is 5.12. The molecule has 7 nitrogen and oxygen atoms in total. The van der Waals surface area contributed by atoms with Crippen LogP contribution < -0.4 is 5.32 Å². The molecule has 0 radical (unpaired) electrons. The van der Waals surface area contributed by atoms with Gasteiger partial charge < -0.3 is 10.2 Å². The molecule has 2 aromatic rings. The number of carbonyl (C=O) groups is 2. The second-order valence-electron chi connectivity index (χ2n) is 8.82.